The van der Waals surface area contributed by atoms with Crippen molar-refractivity contribution < 1.29 is 4.74 Å². The second kappa shape index (κ2) is 5.91. The first-order valence-corrected chi connectivity index (χ1v) is 6.49. The van der Waals surface area contributed by atoms with Gasteiger partial charge in [-0.05, 0) is 40.3 Å². The molecule has 2 nitrogen and oxygen atoms in total. The molecule has 0 saturated carbocycles. The van der Waals surface area contributed by atoms with Crippen molar-refractivity contribution in [1.29, 1.82) is 0 Å². The number of methoxy groups -OCH3 is 1. The van der Waals surface area contributed by atoms with E-state index in [1.807, 2.05) is 36.4 Å². The van der Waals surface area contributed by atoms with Gasteiger partial charge in [0.25, 0.3) is 0 Å². The fourth-order valence-electron chi connectivity index (χ4n) is 1.56. The minimum atomic E-state index is 0.823. The van der Waals surface area contributed by atoms with Gasteiger partial charge in [0.1, 0.15) is 5.75 Å². The second-order valence-electron chi connectivity index (χ2n) is 3.68. The molecule has 2 rings (SSSR count). The van der Waals surface area contributed by atoms with Gasteiger partial charge >= 0.3 is 0 Å². The van der Waals surface area contributed by atoms with Crippen molar-refractivity contribution in [3.63, 3.8) is 0 Å². The van der Waals surface area contributed by atoms with Gasteiger partial charge in [0, 0.05) is 16.2 Å². The molecule has 0 aliphatic rings. The molecular formula is C14H14INO. The van der Waals surface area contributed by atoms with E-state index in [2.05, 4.69) is 40.0 Å². The summed E-state index contributed by atoms with van der Waals surface area (Å²) in [6.07, 6.45) is 0. The number of ether oxygens (including phenoxy) is 1. The minimum Gasteiger partial charge on any atom is -0.497 e. The molecule has 2 aromatic carbocycles. The Morgan fingerprint density at radius 3 is 2.59 bits per heavy atom. The van der Waals surface area contributed by atoms with Gasteiger partial charge in [-0.3, -0.25) is 0 Å². The van der Waals surface area contributed by atoms with Crippen LogP contribution in [0.25, 0.3) is 0 Å². The summed E-state index contributed by atoms with van der Waals surface area (Å²) in [6.45, 7) is 0.823. The van der Waals surface area contributed by atoms with Gasteiger partial charge in [-0.25, -0.2) is 0 Å². The number of nitrogens with one attached hydrogen (secondary N) is 1. The van der Waals surface area contributed by atoms with Crippen molar-refractivity contribution in [2.75, 3.05) is 12.4 Å². The van der Waals surface area contributed by atoms with E-state index in [1.54, 1.807) is 7.11 Å². The highest BCUT2D eigenvalue weighted by Crippen LogP contribution is 2.24. The van der Waals surface area contributed by atoms with Crippen molar-refractivity contribution in [3.8, 4) is 5.75 Å². The van der Waals surface area contributed by atoms with Crippen LogP contribution < -0.4 is 10.1 Å². The number of halogens is 1. The first-order chi connectivity index (χ1) is 8.29. The molecule has 2 aromatic rings. The maximum atomic E-state index is 5.22. The maximum Gasteiger partial charge on any atom is 0.120 e. The van der Waals surface area contributed by atoms with Crippen LogP contribution in [0, 0.1) is 3.57 Å². The molecule has 88 valence electrons. The Morgan fingerprint density at radius 1 is 1.12 bits per heavy atom. The summed E-state index contributed by atoms with van der Waals surface area (Å²) < 4.78 is 6.41. The lowest BCUT2D eigenvalue weighted by atomic mass is 10.2. The molecule has 17 heavy (non-hydrogen) atoms. The van der Waals surface area contributed by atoms with Crippen molar-refractivity contribution >= 4 is 28.3 Å². The molecule has 0 spiro atoms. The highest BCUT2D eigenvalue weighted by molar-refractivity contribution is 14.1. The molecule has 0 atom stereocenters. The number of benzene rings is 2. The van der Waals surface area contributed by atoms with E-state index in [-0.39, 0.29) is 0 Å². The molecule has 0 aromatic heterocycles. The first kappa shape index (κ1) is 12.2. The van der Waals surface area contributed by atoms with Gasteiger partial charge in [0.05, 0.1) is 12.8 Å². The lowest BCUT2D eigenvalue weighted by Crippen LogP contribution is -2.01. The van der Waals surface area contributed by atoms with E-state index in [0.717, 1.165) is 18.0 Å². The average molecular weight is 339 g/mol. The van der Waals surface area contributed by atoms with Crippen LogP contribution in [-0.2, 0) is 6.54 Å². The van der Waals surface area contributed by atoms with E-state index in [4.69, 9.17) is 4.74 Å². The first-order valence-electron chi connectivity index (χ1n) is 5.41. The topological polar surface area (TPSA) is 21.3 Å². The predicted octanol–water partition coefficient (Wildman–Crippen LogP) is 3.91. The van der Waals surface area contributed by atoms with Crippen LogP contribution in [0.5, 0.6) is 5.75 Å². The minimum absolute atomic E-state index is 0.823. The summed E-state index contributed by atoms with van der Waals surface area (Å²) in [5.74, 6) is 0.876. The Kier molecular flexibility index (Phi) is 4.25. The zero-order chi connectivity index (χ0) is 12.1. The smallest absolute Gasteiger partial charge is 0.120 e. The van der Waals surface area contributed by atoms with E-state index < -0.39 is 0 Å². The lowest BCUT2D eigenvalue weighted by molar-refractivity contribution is 0.415. The summed E-state index contributed by atoms with van der Waals surface area (Å²) in [7, 11) is 1.68. The maximum absolute atomic E-state index is 5.22. The molecular weight excluding hydrogens is 325 g/mol. The molecule has 0 bridgehead atoms. The highest BCUT2D eigenvalue weighted by Gasteiger charge is 2.01. The van der Waals surface area contributed by atoms with Crippen LogP contribution in [0.4, 0.5) is 5.69 Å². The summed E-state index contributed by atoms with van der Waals surface area (Å²) in [4.78, 5) is 0. The van der Waals surface area contributed by atoms with Gasteiger partial charge < -0.3 is 10.1 Å². The van der Waals surface area contributed by atoms with Crippen LogP contribution in [-0.4, -0.2) is 7.11 Å². The van der Waals surface area contributed by atoms with Crippen LogP contribution in [0.3, 0.4) is 0 Å². The molecule has 0 unspecified atom stereocenters. The average Bonchev–Trinajstić information content (AvgIpc) is 2.39. The summed E-state index contributed by atoms with van der Waals surface area (Å²) in [6, 6.07) is 16.4. The molecule has 0 radical (unpaired) electrons. The van der Waals surface area contributed by atoms with Crippen molar-refractivity contribution in [2.24, 2.45) is 0 Å². The third kappa shape index (κ3) is 3.36. The molecule has 0 aliphatic carbocycles. The Morgan fingerprint density at radius 2 is 1.88 bits per heavy atom. The van der Waals surface area contributed by atoms with Crippen LogP contribution in [0.2, 0.25) is 0 Å². The molecule has 0 heterocycles. The van der Waals surface area contributed by atoms with Crippen LogP contribution in [0.15, 0.2) is 48.5 Å². The fraction of sp³-hybridized carbons (Fsp3) is 0.143. The second-order valence-corrected chi connectivity index (χ2v) is 4.85. The molecule has 0 saturated heterocycles. The van der Waals surface area contributed by atoms with Gasteiger partial charge in [-0.2, -0.15) is 0 Å². The van der Waals surface area contributed by atoms with Crippen LogP contribution in [0.1, 0.15) is 5.56 Å². The normalized spacial score (nSPS) is 10.0. The SMILES string of the molecule is COc1ccc(I)c(NCc2ccccc2)c1. The van der Waals surface area contributed by atoms with Gasteiger partial charge in [0.2, 0.25) is 0 Å². The molecule has 1 N–H and O–H groups in total. The number of hydrogen-bond donors (Lipinski definition) is 1. The third-order valence-electron chi connectivity index (χ3n) is 2.50. The number of hydrogen-bond acceptors (Lipinski definition) is 2. The summed E-state index contributed by atoms with van der Waals surface area (Å²) >= 11 is 2.32. The Hall–Kier alpha value is -1.23. The Bertz CT molecular complexity index is 485. The molecule has 0 fully saturated rings. The van der Waals surface area contributed by atoms with Crippen molar-refractivity contribution in [1.82, 2.24) is 0 Å². The molecule has 0 aliphatic heterocycles. The summed E-state index contributed by atoms with van der Waals surface area (Å²) in [5.41, 5.74) is 2.37. The number of anilines is 1. The monoisotopic (exact) mass is 339 g/mol. The van der Waals surface area contributed by atoms with Gasteiger partial charge in [0.15, 0.2) is 0 Å². The lowest BCUT2D eigenvalue weighted by Gasteiger charge is -2.10. The van der Waals surface area contributed by atoms with E-state index in [9.17, 15) is 0 Å². The van der Waals surface area contributed by atoms with E-state index in [1.165, 1.54) is 9.13 Å². The van der Waals surface area contributed by atoms with Crippen LogP contribution >= 0.6 is 22.6 Å². The summed E-state index contributed by atoms with van der Waals surface area (Å²) in [5, 5.41) is 3.42. The van der Waals surface area contributed by atoms with Crippen molar-refractivity contribution in [2.45, 2.75) is 6.54 Å². The van der Waals surface area contributed by atoms with Crippen molar-refractivity contribution in [3.05, 3.63) is 57.7 Å². The largest absolute Gasteiger partial charge is 0.497 e. The van der Waals surface area contributed by atoms with E-state index >= 15 is 0 Å². The predicted molar refractivity (Wildman–Crippen MR) is 79.5 cm³/mol. The zero-order valence-electron chi connectivity index (χ0n) is 9.61. The van der Waals surface area contributed by atoms with Gasteiger partial charge in [-0.15, -0.1) is 0 Å². The van der Waals surface area contributed by atoms with Gasteiger partial charge in [-0.1, -0.05) is 30.3 Å². The fourth-order valence-corrected chi connectivity index (χ4v) is 2.09. The Labute approximate surface area is 115 Å². The molecule has 0 amide bonds. The Balaban J connectivity index is 2.08. The number of rotatable bonds is 4. The third-order valence-corrected chi connectivity index (χ3v) is 3.44. The molecule has 3 heteroatoms. The van der Waals surface area contributed by atoms with E-state index in [0.29, 0.717) is 0 Å². The standard InChI is InChI=1S/C14H14INO/c1-17-12-7-8-13(15)14(9-12)16-10-11-5-3-2-4-6-11/h2-9,16H,10H2,1H3. The quantitative estimate of drug-likeness (QED) is 0.853. The highest BCUT2D eigenvalue weighted by atomic mass is 127. The zero-order valence-corrected chi connectivity index (χ0v) is 11.8.